The Morgan fingerprint density at radius 3 is 2.49 bits per heavy atom. The summed E-state index contributed by atoms with van der Waals surface area (Å²) in [5.74, 6) is 0.885. The van der Waals surface area contributed by atoms with Crippen molar-refractivity contribution in [3.05, 3.63) is 103 Å². The van der Waals surface area contributed by atoms with Gasteiger partial charge < -0.3 is 5.32 Å². The smallest absolute Gasteiger partial charge is 0.230 e. The molecule has 0 saturated heterocycles. The van der Waals surface area contributed by atoms with Crippen molar-refractivity contribution >= 4 is 17.7 Å². The number of hydrogen-bond acceptors (Lipinski definition) is 6. The van der Waals surface area contributed by atoms with E-state index < -0.39 is 0 Å². The van der Waals surface area contributed by atoms with Gasteiger partial charge >= 0.3 is 0 Å². The number of hydrogen-bond donors (Lipinski definition) is 1. The van der Waals surface area contributed by atoms with Crippen LogP contribution in [0.2, 0.25) is 0 Å². The van der Waals surface area contributed by atoms with Gasteiger partial charge in [-0.15, -0.1) is 10.2 Å². The topological polar surface area (TPSA) is 90.5 Å². The van der Waals surface area contributed by atoms with Crippen LogP contribution in [0.4, 0.5) is 0 Å². The number of thioether (sulfide) groups is 1. The number of para-hydroxylation sites is 1. The summed E-state index contributed by atoms with van der Waals surface area (Å²) in [5, 5.41) is 16.6. The first-order chi connectivity index (χ1) is 17.3. The van der Waals surface area contributed by atoms with Gasteiger partial charge in [-0.1, -0.05) is 42.1 Å². The fourth-order valence-electron chi connectivity index (χ4n) is 3.62. The second-order valence-electron chi connectivity index (χ2n) is 7.72. The summed E-state index contributed by atoms with van der Waals surface area (Å²) >= 11 is 1.36. The summed E-state index contributed by atoms with van der Waals surface area (Å²) in [6.45, 7) is 0.562. The number of benzene rings is 2. The van der Waals surface area contributed by atoms with Crippen LogP contribution >= 0.6 is 11.8 Å². The third-order valence-corrected chi connectivity index (χ3v) is 6.27. The summed E-state index contributed by atoms with van der Waals surface area (Å²) in [7, 11) is 0. The van der Waals surface area contributed by atoms with Crippen LogP contribution in [0, 0.1) is 0 Å². The molecule has 0 radical (unpaired) electrons. The lowest BCUT2D eigenvalue weighted by Crippen LogP contribution is -2.27. The molecule has 35 heavy (non-hydrogen) atoms. The minimum absolute atomic E-state index is 0.0475. The highest BCUT2D eigenvalue weighted by molar-refractivity contribution is 7.99. The molecule has 0 unspecified atom stereocenters. The fourth-order valence-corrected chi connectivity index (χ4v) is 4.40. The van der Waals surface area contributed by atoms with Crippen molar-refractivity contribution in [2.75, 3.05) is 12.3 Å². The van der Waals surface area contributed by atoms with Crippen LogP contribution in [0.5, 0.6) is 0 Å². The fraction of sp³-hybridized carbons (Fsp3) is 0.115. The standard InChI is InChI=1S/C26H23N7OS/c34-24(28-16-13-20-9-11-22(12-10-20)32-17-5-15-29-32)19-35-26-31-30-25(21-6-4-14-27-18-21)33(26)23-7-2-1-3-8-23/h1-12,14-15,17-18H,13,16,19H2,(H,28,34). The van der Waals surface area contributed by atoms with E-state index in [1.807, 2.05) is 76.1 Å². The molecule has 0 aliphatic heterocycles. The largest absolute Gasteiger partial charge is 0.355 e. The molecule has 0 atom stereocenters. The van der Waals surface area contributed by atoms with E-state index in [-0.39, 0.29) is 11.7 Å². The molecule has 0 aliphatic carbocycles. The maximum absolute atomic E-state index is 12.5. The van der Waals surface area contributed by atoms with Crippen LogP contribution in [-0.4, -0.2) is 47.7 Å². The van der Waals surface area contributed by atoms with Crippen molar-refractivity contribution in [2.45, 2.75) is 11.6 Å². The van der Waals surface area contributed by atoms with Crippen molar-refractivity contribution in [2.24, 2.45) is 0 Å². The Hall–Kier alpha value is -4.24. The van der Waals surface area contributed by atoms with E-state index in [0.717, 1.165) is 28.9 Å². The zero-order valence-electron chi connectivity index (χ0n) is 18.9. The summed E-state index contributed by atoms with van der Waals surface area (Å²) in [4.78, 5) is 16.7. The third-order valence-electron chi connectivity index (χ3n) is 5.34. The summed E-state index contributed by atoms with van der Waals surface area (Å²) in [6, 6.07) is 23.7. The molecule has 9 heteroatoms. The molecule has 5 aromatic rings. The van der Waals surface area contributed by atoms with Gasteiger partial charge in [0.25, 0.3) is 0 Å². The first-order valence-corrected chi connectivity index (χ1v) is 12.2. The van der Waals surface area contributed by atoms with Crippen LogP contribution in [0.15, 0.2) is 103 Å². The van der Waals surface area contributed by atoms with E-state index in [1.54, 1.807) is 18.6 Å². The Kier molecular flexibility index (Phi) is 6.95. The second-order valence-corrected chi connectivity index (χ2v) is 8.67. The molecule has 174 valence electrons. The number of carbonyl (C=O) groups is 1. The molecular formula is C26H23N7OS. The minimum atomic E-state index is -0.0475. The Labute approximate surface area is 207 Å². The molecule has 0 bridgehead atoms. The lowest BCUT2D eigenvalue weighted by atomic mass is 10.1. The number of nitrogens with zero attached hydrogens (tertiary/aromatic N) is 6. The highest BCUT2D eigenvalue weighted by Crippen LogP contribution is 2.27. The number of nitrogens with one attached hydrogen (secondary N) is 1. The van der Waals surface area contributed by atoms with Gasteiger partial charge in [0, 0.05) is 42.6 Å². The molecule has 0 spiro atoms. The average Bonchev–Trinajstić information content (AvgIpc) is 3.60. The van der Waals surface area contributed by atoms with Gasteiger partial charge in [-0.3, -0.25) is 14.3 Å². The number of aromatic nitrogens is 6. The van der Waals surface area contributed by atoms with E-state index in [0.29, 0.717) is 17.5 Å². The summed E-state index contributed by atoms with van der Waals surface area (Å²) in [6.07, 6.45) is 7.89. The Morgan fingerprint density at radius 1 is 0.886 bits per heavy atom. The number of pyridine rings is 1. The normalized spacial score (nSPS) is 10.9. The van der Waals surface area contributed by atoms with Gasteiger partial charge in [0.05, 0.1) is 11.4 Å². The minimum Gasteiger partial charge on any atom is -0.355 e. The maximum atomic E-state index is 12.5. The molecule has 1 amide bonds. The third kappa shape index (κ3) is 5.47. The highest BCUT2D eigenvalue weighted by atomic mass is 32.2. The molecule has 0 saturated carbocycles. The highest BCUT2D eigenvalue weighted by Gasteiger charge is 2.17. The molecule has 2 aromatic carbocycles. The van der Waals surface area contributed by atoms with E-state index in [4.69, 9.17) is 0 Å². The molecule has 0 aliphatic rings. The van der Waals surface area contributed by atoms with E-state index in [1.165, 1.54) is 11.8 Å². The van der Waals surface area contributed by atoms with Crippen LogP contribution in [0.25, 0.3) is 22.8 Å². The van der Waals surface area contributed by atoms with Gasteiger partial charge in [-0.25, -0.2) is 4.68 Å². The predicted molar refractivity (Wildman–Crippen MR) is 136 cm³/mol. The SMILES string of the molecule is O=C(CSc1nnc(-c2cccnc2)n1-c1ccccc1)NCCc1ccc(-n2cccn2)cc1. The van der Waals surface area contributed by atoms with Crippen LogP contribution in [0.3, 0.4) is 0 Å². The van der Waals surface area contributed by atoms with Crippen molar-refractivity contribution < 1.29 is 4.79 Å². The van der Waals surface area contributed by atoms with E-state index >= 15 is 0 Å². The molecule has 0 fully saturated rings. The first-order valence-electron chi connectivity index (χ1n) is 11.2. The monoisotopic (exact) mass is 481 g/mol. The van der Waals surface area contributed by atoms with Crippen molar-refractivity contribution in [1.29, 1.82) is 0 Å². The van der Waals surface area contributed by atoms with Gasteiger partial charge in [0.2, 0.25) is 5.91 Å². The second kappa shape index (κ2) is 10.8. The lowest BCUT2D eigenvalue weighted by molar-refractivity contribution is -0.118. The van der Waals surface area contributed by atoms with Gasteiger partial charge in [-0.05, 0) is 54.4 Å². The maximum Gasteiger partial charge on any atom is 0.230 e. The number of amides is 1. The number of rotatable bonds is 9. The quantitative estimate of drug-likeness (QED) is 0.321. The van der Waals surface area contributed by atoms with E-state index in [9.17, 15) is 4.79 Å². The first kappa shape index (κ1) is 22.5. The Morgan fingerprint density at radius 2 is 1.74 bits per heavy atom. The summed E-state index contributed by atoms with van der Waals surface area (Å²) < 4.78 is 3.77. The Balaban J connectivity index is 1.19. The molecule has 1 N–H and O–H groups in total. The summed E-state index contributed by atoms with van der Waals surface area (Å²) in [5.41, 5.74) is 3.95. The average molecular weight is 482 g/mol. The van der Waals surface area contributed by atoms with Crippen molar-refractivity contribution in [1.82, 2.24) is 34.8 Å². The van der Waals surface area contributed by atoms with Gasteiger partial charge in [-0.2, -0.15) is 5.10 Å². The van der Waals surface area contributed by atoms with Crippen LogP contribution < -0.4 is 5.32 Å². The van der Waals surface area contributed by atoms with Crippen LogP contribution in [-0.2, 0) is 11.2 Å². The van der Waals surface area contributed by atoms with Crippen molar-refractivity contribution in [3.63, 3.8) is 0 Å². The van der Waals surface area contributed by atoms with Crippen LogP contribution in [0.1, 0.15) is 5.56 Å². The molecule has 5 rings (SSSR count). The zero-order chi connectivity index (χ0) is 23.9. The molecule has 3 heterocycles. The Bertz CT molecular complexity index is 1370. The lowest BCUT2D eigenvalue weighted by Gasteiger charge is -2.10. The van der Waals surface area contributed by atoms with Crippen molar-refractivity contribution in [3.8, 4) is 22.8 Å². The molecule has 3 aromatic heterocycles. The predicted octanol–water partition coefficient (Wildman–Crippen LogP) is 3.97. The van der Waals surface area contributed by atoms with Gasteiger partial charge in [0.1, 0.15) is 0 Å². The van der Waals surface area contributed by atoms with E-state index in [2.05, 4.69) is 37.7 Å². The molecular weight excluding hydrogens is 458 g/mol. The van der Waals surface area contributed by atoms with Gasteiger partial charge in [0.15, 0.2) is 11.0 Å². The molecule has 8 nitrogen and oxygen atoms in total. The zero-order valence-corrected chi connectivity index (χ0v) is 19.7. The number of carbonyl (C=O) groups excluding carboxylic acids is 1.